The largest absolute Gasteiger partial charge is 0.504 e. The number of carbonyl (C=O) groups excluding carboxylic acids is 2. The zero-order valence-corrected chi connectivity index (χ0v) is 18.8. The van der Waals surface area contributed by atoms with Crippen molar-refractivity contribution in [3.63, 3.8) is 0 Å². The predicted molar refractivity (Wildman–Crippen MR) is 118 cm³/mol. The maximum atomic E-state index is 12.6. The monoisotopic (exact) mass is 454 g/mol. The second-order valence-electron chi connectivity index (χ2n) is 10.3. The van der Waals surface area contributed by atoms with Crippen molar-refractivity contribution in [3.8, 4) is 11.5 Å². The fraction of sp³-hybridized carbons (Fsp3) is 0.600. The highest BCUT2D eigenvalue weighted by Crippen LogP contribution is 2.65. The minimum Gasteiger partial charge on any atom is -0.504 e. The number of benzene rings is 1. The van der Waals surface area contributed by atoms with Crippen molar-refractivity contribution in [2.75, 3.05) is 20.2 Å². The molecule has 1 aromatic rings. The number of nitrogens with zero attached hydrogens (tertiary/aromatic N) is 1. The number of phenols is 1. The van der Waals surface area contributed by atoms with Crippen molar-refractivity contribution >= 4 is 11.9 Å². The van der Waals surface area contributed by atoms with E-state index < -0.39 is 29.0 Å². The van der Waals surface area contributed by atoms with Gasteiger partial charge in [0.2, 0.25) is 5.91 Å². The zero-order chi connectivity index (χ0) is 23.0. The summed E-state index contributed by atoms with van der Waals surface area (Å²) in [5, 5.41) is 26.0. The fourth-order valence-electron chi connectivity index (χ4n) is 7.07. The van der Waals surface area contributed by atoms with Crippen molar-refractivity contribution in [3.05, 3.63) is 35.4 Å². The van der Waals surface area contributed by atoms with Gasteiger partial charge in [-0.2, -0.15) is 0 Å². The van der Waals surface area contributed by atoms with Crippen molar-refractivity contribution in [1.29, 1.82) is 0 Å². The quantitative estimate of drug-likeness (QED) is 0.453. The summed E-state index contributed by atoms with van der Waals surface area (Å²) >= 11 is 0. The van der Waals surface area contributed by atoms with Crippen LogP contribution in [0, 0.1) is 5.92 Å². The highest BCUT2D eigenvalue weighted by Gasteiger charge is 2.73. The van der Waals surface area contributed by atoms with Gasteiger partial charge < -0.3 is 25.0 Å². The van der Waals surface area contributed by atoms with Crippen LogP contribution in [0.15, 0.2) is 24.3 Å². The Hall–Kier alpha value is -2.58. The van der Waals surface area contributed by atoms with Gasteiger partial charge in [0.05, 0.1) is 24.2 Å². The first-order valence-electron chi connectivity index (χ1n) is 11.9. The summed E-state index contributed by atoms with van der Waals surface area (Å²) in [6.45, 7) is 1.88. The Labute approximate surface area is 192 Å². The van der Waals surface area contributed by atoms with Gasteiger partial charge in [0.15, 0.2) is 11.5 Å². The number of piperidine rings is 1. The van der Waals surface area contributed by atoms with Gasteiger partial charge in [0, 0.05) is 30.3 Å². The Morgan fingerprint density at radius 1 is 1.27 bits per heavy atom. The molecule has 2 heterocycles. The van der Waals surface area contributed by atoms with Crippen molar-refractivity contribution in [1.82, 2.24) is 10.2 Å². The van der Waals surface area contributed by atoms with Gasteiger partial charge >= 0.3 is 5.97 Å². The van der Waals surface area contributed by atoms with Gasteiger partial charge in [-0.3, -0.25) is 9.69 Å². The number of carbonyl (C=O) groups is 2. The van der Waals surface area contributed by atoms with E-state index >= 15 is 0 Å². The maximum absolute atomic E-state index is 12.6. The Morgan fingerprint density at radius 3 is 2.85 bits per heavy atom. The van der Waals surface area contributed by atoms with Crippen molar-refractivity contribution < 1.29 is 29.3 Å². The molecule has 176 valence electrons. The molecule has 0 unspecified atom stereocenters. The van der Waals surface area contributed by atoms with Gasteiger partial charge in [-0.1, -0.05) is 6.07 Å². The van der Waals surface area contributed by atoms with Crippen LogP contribution in [0.25, 0.3) is 0 Å². The summed E-state index contributed by atoms with van der Waals surface area (Å²) in [7, 11) is 1.26. The van der Waals surface area contributed by atoms with E-state index in [1.54, 1.807) is 6.07 Å². The van der Waals surface area contributed by atoms with E-state index in [1.165, 1.54) is 20.0 Å². The molecule has 2 bridgehead atoms. The van der Waals surface area contributed by atoms with E-state index in [0.29, 0.717) is 25.0 Å². The molecule has 8 nitrogen and oxygen atoms in total. The Balaban J connectivity index is 1.38. The van der Waals surface area contributed by atoms with Crippen LogP contribution in [0.2, 0.25) is 0 Å². The SMILES string of the molecule is COC(=O)/C=C/C(=O)N[C@@H]1CC[C@@]2(O)[C@H]3Cc4ccc(O)c5c4[C@]2(CCN3CC2CC2)[C@@H]1O5. The smallest absolute Gasteiger partial charge is 0.330 e. The molecule has 3 N–H and O–H groups in total. The van der Waals surface area contributed by atoms with Crippen LogP contribution in [0.3, 0.4) is 0 Å². The lowest BCUT2D eigenvalue weighted by molar-refractivity contribution is -0.192. The summed E-state index contributed by atoms with van der Waals surface area (Å²) in [5.74, 6) is 0.256. The predicted octanol–water partition coefficient (Wildman–Crippen LogP) is 1.17. The molecule has 0 aromatic heterocycles. The second-order valence-corrected chi connectivity index (χ2v) is 10.3. The van der Waals surface area contributed by atoms with E-state index in [1.807, 2.05) is 6.07 Å². The number of likely N-dealkylation sites (tertiary alicyclic amines) is 1. The molecule has 6 rings (SSSR count). The molecule has 2 aliphatic heterocycles. The van der Waals surface area contributed by atoms with E-state index in [-0.39, 0.29) is 17.8 Å². The number of aliphatic hydroxyl groups is 1. The number of amides is 1. The van der Waals surface area contributed by atoms with Crippen LogP contribution < -0.4 is 10.1 Å². The number of methoxy groups -OCH3 is 1. The van der Waals surface area contributed by atoms with E-state index in [0.717, 1.165) is 48.7 Å². The summed E-state index contributed by atoms with van der Waals surface area (Å²) in [4.78, 5) is 26.4. The standard InChI is InChI=1S/C25H30N2O6/c1-32-20(30)7-6-19(29)26-16-8-9-25(31)18-12-15-4-5-17(28)22-21(15)24(25,23(16)33-22)10-11-27(18)13-14-2-3-14/h4-7,14,16,18,23,28,31H,2-3,8-13H2,1H3,(H,26,29)/b7-6+/t16-,18-,23-,24-,25-/m1/s1. The third kappa shape index (κ3) is 2.89. The number of aromatic hydroxyl groups is 1. The molecule has 2 saturated carbocycles. The molecule has 1 saturated heterocycles. The van der Waals surface area contributed by atoms with Gasteiger partial charge in [-0.15, -0.1) is 0 Å². The fourth-order valence-corrected chi connectivity index (χ4v) is 7.07. The molecular weight excluding hydrogens is 424 g/mol. The second kappa shape index (κ2) is 7.21. The normalized spacial score (nSPS) is 36.2. The number of nitrogens with one attached hydrogen (secondary N) is 1. The summed E-state index contributed by atoms with van der Waals surface area (Å²) in [6.07, 6.45) is 6.84. The molecule has 0 radical (unpaired) electrons. The highest BCUT2D eigenvalue weighted by molar-refractivity contribution is 5.94. The molecule has 8 heteroatoms. The number of phenolic OH excluding ortho intramolecular Hbond substituents is 1. The Kier molecular flexibility index (Phi) is 4.58. The van der Waals surface area contributed by atoms with Crippen LogP contribution in [-0.2, 0) is 26.2 Å². The summed E-state index contributed by atoms with van der Waals surface area (Å²) in [5.41, 5.74) is 0.390. The number of esters is 1. The summed E-state index contributed by atoms with van der Waals surface area (Å²) in [6, 6.07) is 3.29. The first kappa shape index (κ1) is 21.0. The first-order chi connectivity index (χ1) is 15.9. The van der Waals surface area contributed by atoms with Gasteiger partial charge in [-0.25, -0.2) is 4.79 Å². The summed E-state index contributed by atoms with van der Waals surface area (Å²) < 4.78 is 11.0. The molecule has 1 aromatic carbocycles. The molecular formula is C25H30N2O6. The van der Waals surface area contributed by atoms with Gasteiger partial charge in [0.25, 0.3) is 0 Å². The minimum atomic E-state index is -0.986. The highest BCUT2D eigenvalue weighted by atomic mass is 16.5. The van der Waals surface area contributed by atoms with Crippen LogP contribution in [0.4, 0.5) is 0 Å². The third-order valence-electron chi connectivity index (χ3n) is 8.66. The van der Waals surface area contributed by atoms with E-state index in [4.69, 9.17) is 4.74 Å². The first-order valence-corrected chi connectivity index (χ1v) is 11.9. The van der Waals surface area contributed by atoms with Crippen LogP contribution >= 0.6 is 0 Å². The lowest BCUT2D eigenvalue weighted by Gasteiger charge is -2.64. The Morgan fingerprint density at radius 2 is 2.09 bits per heavy atom. The molecule has 3 aliphatic carbocycles. The molecule has 5 atom stereocenters. The molecule has 1 spiro atoms. The number of rotatable bonds is 5. The van der Waals surface area contributed by atoms with Crippen LogP contribution in [0.1, 0.15) is 43.2 Å². The lowest BCUT2D eigenvalue weighted by Crippen LogP contribution is -2.78. The maximum Gasteiger partial charge on any atom is 0.330 e. The lowest BCUT2D eigenvalue weighted by atomic mass is 9.48. The van der Waals surface area contributed by atoms with E-state index in [9.17, 15) is 19.8 Å². The molecule has 5 aliphatic rings. The van der Waals surface area contributed by atoms with Crippen molar-refractivity contribution in [2.24, 2.45) is 5.92 Å². The van der Waals surface area contributed by atoms with Crippen LogP contribution in [0.5, 0.6) is 11.5 Å². The molecule has 33 heavy (non-hydrogen) atoms. The molecule has 3 fully saturated rings. The topological polar surface area (TPSA) is 108 Å². The molecule has 1 amide bonds. The minimum absolute atomic E-state index is 0.00295. The zero-order valence-electron chi connectivity index (χ0n) is 18.8. The Bertz CT molecular complexity index is 1050. The van der Waals surface area contributed by atoms with E-state index in [2.05, 4.69) is 15.0 Å². The number of hydrogen-bond acceptors (Lipinski definition) is 7. The van der Waals surface area contributed by atoms with Gasteiger partial charge in [-0.05, 0) is 62.6 Å². The van der Waals surface area contributed by atoms with Crippen molar-refractivity contribution in [2.45, 2.75) is 67.7 Å². The third-order valence-corrected chi connectivity index (χ3v) is 8.66. The average molecular weight is 455 g/mol. The number of ether oxygens (including phenoxy) is 2. The number of hydrogen-bond donors (Lipinski definition) is 3. The van der Waals surface area contributed by atoms with Gasteiger partial charge in [0.1, 0.15) is 6.10 Å². The van der Waals surface area contributed by atoms with Crippen LogP contribution in [-0.4, -0.2) is 71.0 Å². The average Bonchev–Trinajstić information content (AvgIpc) is 3.54.